The molecular weight excluding hydrogens is 246 g/mol. The molecule has 3 N–H and O–H groups in total. The van der Waals surface area contributed by atoms with Crippen molar-refractivity contribution in [2.45, 2.75) is 19.4 Å². The van der Waals surface area contributed by atoms with E-state index in [0.29, 0.717) is 6.61 Å². The molecule has 2 aromatic heterocycles. The number of pyridine rings is 1. The van der Waals surface area contributed by atoms with Crippen molar-refractivity contribution >= 4 is 11.3 Å². The monoisotopic (exact) mass is 263 g/mol. The highest BCUT2D eigenvalue weighted by Gasteiger charge is 2.14. The summed E-state index contributed by atoms with van der Waals surface area (Å²) in [6.07, 6.45) is 4.51. The number of ether oxygens (including phenoxy) is 1. The van der Waals surface area contributed by atoms with E-state index in [1.807, 2.05) is 23.7 Å². The minimum atomic E-state index is -0.0392. The van der Waals surface area contributed by atoms with Crippen molar-refractivity contribution in [1.29, 1.82) is 0 Å². The predicted octanol–water partition coefficient (Wildman–Crippen LogP) is 2.48. The van der Waals surface area contributed by atoms with Gasteiger partial charge in [0, 0.05) is 11.1 Å². The maximum atomic E-state index is 5.63. The fourth-order valence-electron chi connectivity index (χ4n) is 1.69. The van der Waals surface area contributed by atoms with Crippen LogP contribution in [-0.4, -0.2) is 11.6 Å². The van der Waals surface area contributed by atoms with Crippen molar-refractivity contribution < 1.29 is 4.74 Å². The summed E-state index contributed by atoms with van der Waals surface area (Å²) in [5.74, 6) is 6.42. The molecule has 0 bridgehead atoms. The van der Waals surface area contributed by atoms with Crippen LogP contribution in [0.15, 0.2) is 36.0 Å². The molecular formula is C13H17N3OS. The van der Waals surface area contributed by atoms with E-state index in [4.69, 9.17) is 10.6 Å². The van der Waals surface area contributed by atoms with Crippen LogP contribution in [0.1, 0.15) is 29.8 Å². The second-order valence-electron chi connectivity index (χ2n) is 3.92. The molecule has 0 aliphatic carbocycles. The molecule has 0 aliphatic rings. The lowest BCUT2D eigenvalue weighted by Gasteiger charge is -2.15. The Morgan fingerprint density at radius 1 is 1.50 bits per heavy atom. The number of hydrogen-bond donors (Lipinski definition) is 2. The molecule has 2 heterocycles. The molecule has 0 spiro atoms. The van der Waals surface area contributed by atoms with Crippen LogP contribution in [-0.2, 0) is 0 Å². The van der Waals surface area contributed by atoms with Crippen molar-refractivity contribution in [3.05, 3.63) is 46.4 Å². The maximum absolute atomic E-state index is 5.63. The van der Waals surface area contributed by atoms with Gasteiger partial charge in [-0.2, -0.15) is 0 Å². The van der Waals surface area contributed by atoms with Crippen molar-refractivity contribution in [1.82, 2.24) is 10.4 Å². The summed E-state index contributed by atoms with van der Waals surface area (Å²) in [4.78, 5) is 5.36. The Labute approximate surface area is 111 Å². The van der Waals surface area contributed by atoms with Gasteiger partial charge in [-0.15, -0.1) is 11.3 Å². The first kappa shape index (κ1) is 13.0. The molecule has 0 amide bonds. The Bertz CT molecular complexity index is 473. The number of nitrogens with zero attached hydrogens (tertiary/aromatic N) is 1. The zero-order valence-electron chi connectivity index (χ0n) is 10.3. The van der Waals surface area contributed by atoms with Gasteiger partial charge in [-0.25, -0.2) is 5.43 Å². The van der Waals surface area contributed by atoms with Gasteiger partial charge >= 0.3 is 0 Å². The van der Waals surface area contributed by atoms with E-state index in [1.54, 1.807) is 17.5 Å². The van der Waals surface area contributed by atoms with E-state index in [9.17, 15) is 0 Å². The molecule has 2 rings (SSSR count). The third kappa shape index (κ3) is 3.07. The number of hydrazine groups is 1. The van der Waals surface area contributed by atoms with E-state index in [1.165, 1.54) is 0 Å². The summed E-state index contributed by atoms with van der Waals surface area (Å²) in [5, 5.41) is 2.03. The summed E-state index contributed by atoms with van der Waals surface area (Å²) in [7, 11) is 0. The first-order valence-electron chi connectivity index (χ1n) is 5.92. The second kappa shape index (κ2) is 6.49. The molecule has 2 aromatic rings. The number of rotatable bonds is 6. The molecule has 5 heteroatoms. The maximum Gasteiger partial charge on any atom is 0.137 e. The molecule has 0 saturated heterocycles. The average molecular weight is 263 g/mol. The molecule has 0 aliphatic heterocycles. The second-order valence-corrected chi connectivity index (χ2v) is 4.90. The minimum Gasteiger partial charge on any atom is -0.492 e. The van der Waals surface area contributed by atoms with Crippen LogP contribution in [0.3, 0.4) is 0 Å². The predicted molar refractivity (Wildman–Crippen MR) is 73.5 cm³/mol. The SMILES string of the molecule is CCCOc1cncc(C(NN)c2cccs2)c1. The first-order chi connectivity index (χ1) is 8.85. The topological polar surface area (TPSA) is 60.2 Å². The summed E-state index contributed by atoms with van der Waals surface area (Å²) in [6.45, 7) is 2.78. The van der Waals surface area contributed by atoms with Gasteiger partial charge in [0.15, 0.2) is 0 Å². The van der Waals surface area contributed by atoms with Gasteiger partial charge in [0.1, 0.15) is 5.75 Å². The Morgan fingerprint density at radius 3 is 3.06 bits per heavy atom. The van der Waals surface area contributed by atoms with E-state index in [2.05, 4.69) is 23.4 Å². The van der Waals surface area contributed by atoms with Gasteiger partial charge in [0.25, 0.3) is 0 Å². The molecule has 0 aromatic carbocycles. The zero-order valence-corrected chi connectivity index (χ0v) is 11.1. The summed E-state index contributed by atoms with van der Waals surface area (Å²) in [6, 6.07) is 6.00. The highest BCUT2D eigenvalue weighted by Crippen LogP contribution is 2.26. The third-order valence-corrected chi connectivity index (χ3v) is 3.47. The van der Waals surface area contributed by atoms with Crippen molar-refractivity contribution in [2.24, 2.45) is 5.84 Å². The molecule has 0 fully saturated rings. The normalized spacial score (nSPS) is 12.3. The van der Waals surface area contributed by atoms with Gasteiger partial charge in [0.2, 0.25) is 0 Å². The Hall–Kier alpha value is -1.43. The van der Waals surface area contributed by atoms with Crippen LogP contribution >= 0.6 is 11.3 Å². The van der Waals surface area contributed by atoms with E-state index < -0.39 is 0 Å². The van der Waals surface area contributed by atoms with Crippen LogP contribution in [0.25, 0.3) is 0 Å². The Balaban J connectivity index is 2.20. The summed E-state index contributed by atoms with van der Waals surface area (Å²) >= 11 is 1.66. The highest BCUT2D eigenvalue weighted by molar-refractivity contribution is 7.10. The van der Waals surface area contributed by atoms with Crippen LogP contribution in [0.2, 0.25) is 0 Å². The average Bonchev–Trinajstić information content (AvgIpc) is 2.92. The first-order valence-corrected chi connectivity index (χ1v) is 6.80. The van der Waals surface area contributed by atoms with Gasteiger partial charge in [-0.1, -0.05) is 13.0 Å². The zero-order chi connectivity index (χ0) is 12.8. The van der Waals surface area contributed by atoms with Crippen molar-refractivity contribution in [3.63, 3.8) is 0 Å². The smallest absolute Gasteiger partial charge is 0.137 e. The number of nitrogens with one attached hydrogen (secondary N) is 1. The number of hydrogen-bond acceptors (Lipinski definition) is 5. The standard InChI is InChI=1S/C13H17N3OS/c1-2-5-17-11-7-10(8-15-9-11)13(16-14)12-4-3-6-18-12/h3-4,6-9,13,16H,2,5,14H2,1H3. The number of nitrogens with two attached hydrogens (primary N) is 1. The minimum absolute atomic E-state index is 0.0392. The van der Waals surface area contributed by atoms with Crippen LogP contribution in [0.5, 0.6) is 5.75 Å². The lowest BCUT2D eigenvalue weighted by Crippen LogP contribution is -2.28. The molecule has 96 valence electrons. The van der Waals surface area contributed by atoms with Gasteiger partial charge in [0.05, 0.1) is 18.8 Å². The van der Waals surface area contributed by atoms with E-state index in [-0.39, 0.29) is 6.04 Å². The summed E-state index contributed by atoms with van der Waals surface area (Å²) < 4.78 is 5.58. The lowest BCUT2D eigenvalue weighted by molar-refractivity contribution is 0.315. The lowest BCUT2D eigenvalue weighted by atomic mass is 10.1. The van der Waals surface area contributed by atoms with E-state index in [0.717, 1.165) is 22.6 Å². The third-order valence-electron chi connectivity index (χ3n) is 2.53. The van der Waals surface area contributed by atoms with Crippen molar-refractivity contribution in [3.8, 4) is 5.75 Å². The summed E-state index contributed by atoms with van der Waals surface area (Å²) in [5.41, 5.74) is 3.83. The van der Waals surface area contributed by atoms with Gasteiger partial charge < -0.3 is 4.74 Å². The van der Waals surface area contributed by atoms with Gasteiger partial charge in [-0.3, -0.25) is 10.8 Å². The largest absolute Gasteiger partial charge is 0.492 e. The fourth-order valence-corrected chi connectivity index (χ4v) is 2.50. The molecule has 0 saturated carbocycles. The van der Waals surface area contributed by atoms with Crippen LogP contribution in [0.4, 0.5) is 0 Å². The van der Waals surface area contributed by atoms with Gasteiger partial charge in [-0.05, 0) is 29.5 Å². The van der Waals surface area contributed by atoms with Crippen molar-refractivity contribution in [2.75, 3.05) is 6.61 Å². The van der Waals surface area contributed by atoms with Crippen LogP contribution < -0.4 is 16.0 Å². The van der Waals surface area contributed by atoms with E-state index >= 15 is 0 Å². The molecule has 1 unspecified atom stereocenters. The number of aromatic nitrogens is 1. The molecule has 4 nitrogen and oxygen atoms in total. The van der Waals surface area contributed by atoms with Crippen LogP contribution in [0, 0.1) is 0 Å². The Kier molecular flexibility index (Phi) is 4.69. The number of thiophene rings is 1. The molecule has 1 atom stereocenters. The molecule has 18 heavy (non-hydrogen) atoms. The quantitative estimate of drug-likeness (QED) is 0.621. The highest BCUT2D eigenvalue weighted by atomic mass is 32.1. The fraction of sp³-hybridized carbons (Fsp3) is 0.308. The molecule has 0 radical (unpaired) electrons. The Morgan fingerprint density at radius 2 is 2.39 bits per heavy atom.